The highest BCUT2D eigenvalue weighted by molar-refractivity contribution is 5.94. The van der Waals surface area contributed by atoms with Gasteiger partial charge in [-0.1, -0.05) is 51.4 Å². The first kappa shape index (κ1) is 19.9. The predicted octanol–water partition coefficient (Wildman–Crippen LogP) is 3.82. The lowest BCUT2D eigenvalue weighted by Crippen LogP contribution is -2.26. The highest BCUT2D eigenvalue weighted by atomic mass is 19.1. The van der Waals surface area contributed by atoms with Crippen LogP contribution in [-0.2, 0) is 19.1 Å². The molecule has 124 valence electrons. The summed E-state index contributed by atoms with van der Waals surface area (Å²) in [4.78, 5) is 22.9. The van der Waals surface area contributed by atoms with E-state index in [9.17, 15) is 14.0 Å². The summed E-state index contributed by atoms with van der Waals surface area (Å²) in [5, 5.41) is 0. The maximum absolute atomic E-state index is 11.9. The Morgan fingerprint density at radius 2 is 1.14 bits per heavy atom. The molecule has 0 atom stereocenters. The van der Waals surface area contributed by atoms with Gasteiger partial charge in [-0.3, -0.25) is 14.0 Å². The Morgan fingerprint density at radius 3 is 1.52 bits per heavy atom. The molecule has 0 aliphatic carbocycles. The SMILES string of the molecule is COC(=O)C(CCCCCCCCCCCF)C(=O)OC. The van der Waals surface area contributed by atoms with Crippen molar-refractivity contribution < 1.29 is 23.5 Å². The largest absolute Gasteiger partial charge is 0.468 e. The number of carbonyl (C=O) groups is 2. The highest BCUT2D eigenvalue weighted by Crippen LogP contribution is 2.15. The second-order valence-electron chi connectivity index (χ2n) is 5.26. The number of esters is 2. The Bertz CT molecular complexity index is 265. The van der Waals surface area contributed by atoms with Crippen molar-refractivity contribution in [3.8, 4) is 0 Å². The monoisotopic (exact) mass is 304 g/mol. The molecule has 0 aromatic rings. The van der Waals surface area contributed by atoms with Crippen molar-refractivity contribution in [1.29, 1.82) is 0 Å². The van der Waals surface area contributed by atoms with Gasteiger partial charge in [0.15, 0.2) is 5.92 Å². The second-order valence-corrected chi connectivity index (χ2v) is 5.26. The van der Waals surface area contributed by atoms with Crippen molar-refractivity contribution in [1.82, 2.24) is 0 Å². The number of hydrogen-bond donors (Lipinski definition) is 0. The van der Waals surface area contributed by atoms with Crippen molar-refractivity contribution in [2.24, 2.45) is 5.92 Å². The van der Waals surface area contributed by atoms with Gasteiger partial charge in [-0.05, 0) is 12.8 Å². The first-order valence-corrected chi connectivity index (χ1v) is 7.89. The molecule has 0 fully saturated rings. The fraction of sp³-hybridized carbons (Fsp3) is 0.875. The molecule has 0 bridgehead atoms. The molecule has 0 amide bonds. The van der Waals surface area contributed by atoms with E-state index in [0.29, 0.717) is 12.8 Å². The van der Waals surface area contributed by atoms with E-state index in [1.165, 1.54) is 20.6 Å². The molecule has 0 saturated carbocycles. The zero-order valence-corrected chi connectivity index (χ0v) is 13.4. The number of alkyl halides is 1. The lowest BCUT2D eigenvalue weighted by Gasteiger charge is -2.11. The molecular formula is C16H29FO4. The smallest absolute Gasteiger partial charge is 0.320 e. The summed E-state index contributed by atoms with van der Waals surface area (Å²) in [6.07, 6.45) is 9.64. The van der Waals surface area contributed by atoms with Gasteiger partial charge >= 0.3 is 11.9 Å². The van der Waals surface area contributed by atoms with Gasteiger partial charge < -0.3 is 9.47 Å². The lowest BCUT2D eigenvalue weighted by atomic mass is 10.00. The molecule has 0 aliphatic rings. The molecule has 4 nitrogen and oxygen atoms in total. The maximum atomic E-state index is 11.9. The summed E-state index contributed by atoms with van der Waals surface area (Å²) in [5.74, 6) is -1.83. The molecule has 5 heteroatoms. The molecule has 0 saturated heterocycles. The van der Waals surface area contributed by atoms with E-state index >= 15 is 0 Å². The van der Waals surface area contributed by atoms with Crippen LogP contribution in [-0.4, -0.2) is 32.8 Å². The summed E-state index contributed by atoms with van der Waals surface area (Å²) in [6, 6.07) is 0. The average Bonchev–Trinajstić information content (AvgIpc) is 2.51. The van der Waals surface area contributed by atoms with Crippen molar-refractivity contribution in [3.05, 3.63) is 0 Å². The molecule has 0 aromatic heterocycles. The standard InChI is InChI=1S/C16H29FO4/c1-20-15(18)14(16(19)21-2)12-10-8-6-4-3-5-7-9-11-13-17/h14H,3-13H2,1-2H3. The summed E-state index contributed by atoms with van der Waals surface area (Å²) >= 11 is 0. The highest BCUT2D eigenvalue weighted by Gasteiger charge is 2.27. The van der Waals surface area contributed by atoms with E-state index in [1.807, 2.05) is 0 Å². The number of halogens is 1. The predicted molar refractivity (Wildman–Crippen MR) is 79.7 cm³/mol. The van der Waals surface area contributed by atoms with Gasteiger partial charge in [0.2, 0.25) is 0 Å². The minimum atomic E-state index is -0.791. The van der Waals surface area contributed by atoms with E-state index in [0.717, 1.165) is 44.9 Å². The van der Waals surface area contributed by atoms with Crippen LogP contribution in [0.2, 0.25) is 0 Å². The maximum Gasteiger partial charge on any atom is 0.320 e. The van der Waals surface area contributed by atoms with Gasteiger partial charge in [0.05, 0.1) is 20.9 Å². The first-order valence-electron chi connectivity index (χ1n) is 7.89. The van der Waals surface area contributed by atoms with Crippen molar-refractivity contribution in [3.63, 3.8) is 0 Å². The topological polar surface area (TPSA) is 52.6 Å². The summed E-state index contributed by atoms with van der Waals surface area (Å²) in [6.45, 7) is -0.207. The quantitative estimate of drug-likeness (QED) is 0.295. The summed E-state index contributed by atoms with van der Waals surface area (Å²) in [5.41, 5.74) is 0. The molecule has 0 spiro atoms. The number of rotatable bonds is 13. The average molecular weight is 304 g/mol. The van der Waals surface area contributed by atoms with Gasteiger partial charge in [0, 0.05) is 0 Å². The Morgan fingerprint density at radius 1 is 0.762 bits per heavy atom. The molecule has 0 aromatic carbocycles. The Kier molecular flexibility index (Phi) is 13.1. The van der Waals surface area contributed by atoms with Crippen LogP contribution in [0.1, 0.15) is 64.2 Å². The summed E-state index contributed by atoms with van der Waals surface area (Å²) < 4.78 is 21.1. The third-order valence-corrected chi connectivity index (χ3v) is 3.60. The van der Waals surface area contributed by atoms with Gasteiger partial charge in [-0.2, -0.15) is 0 Å². The van der Waals surface area contributed by atoms with Crippen LogP contribution in [0.15, 0.2) is 0 Å². The van der Waals surface area contributed by atoms with E-state index < -0.39 is 17.9 Å². The van der Waals surface area contributed by atoms with E-state index in [1.54, 1.807) is 0 Å². The van der Waals surface area contributed by atoms with Crippen molar-refractivity contribution >= 4 is 11.9 Å². The van der Waals surface area contributed by atoms with Crippen LogP contribution >= 0.6 is 0 Å². The van der Waals surface area contributed by atoms with Crippen LogP contribution in [0, 0.1) is 5.92 Å². The molecular weight excluding hydrogens is 275 g/mol. The van der Waals surface area contributed by atoms with Gasteiger partial charge in [-0.25, -0.2) is 0 Å². The first-order chi connectivity index (χ1) is 10.2. The molecule has 0 radical (unpaired) electrons. The minimum absolute atomic E-state index is 0.207. The van der Waals surface area contributed by atoms with Gasteiger partial charge in [-0.15, -0.1) is 0 Å². The molecule has 0 N–H and O–H groups in total. The molecule has 21 heavy (non-hydrogen) atoms. The minimum Gasteiger partial charge on any atom is -0.468 e. The molecule has 0 rings (SSSR count). The fourth-order valence-corrected chi connectivity index (χ4v) is 2.30. The number of hydrogen-bond acceptors (Lipinski definition) is 4. The zero-order chi connectivity index (χ0) is 15.9. The van der Waals surface area contributed by atoms with Crippen LogP contribution in [0.3, 0.4) is 0 Å². The number of unbranched alkanes of at least 4 members (excludes halogenated alkanes) is 8. The van der Waals surface area contributed by atoms with E-state index in [4.69, 9.17) is 0 Å². The lowest BCUT2D eigenvalue weighted by molar-refractivity contribution is -0.159. The Hall–Kier alpha value is -1.13. The van der Waals surface area contributed by atoms with Gasteiger partial charge in [0.1, 0.15) is 0 Å². The molecule has 0 aliphatic heterocycles. The third-order valence-electron chi connectivity index (χ3n) is 3.60. The van der Waals surface area contributed by atoms with Gasteiger partial charge in [0.25, 0.3) is 0 Å². The van der Waals surface area contributed by atoms with Crippen molar-refractivity contribution in [2.75, 3.05) is 20.9 Å². The van der Waals surface area contributed by atoms with Crippen LogP contribution < -0.4 is 0 Å². The normalized spacial score (nSPS) is 10.7. The van der Waals surface area contributed by atoms with Crippen molar-refractivity contribution in [2.45, 2.75) is 64.2 Å². The number of methoxy groups -OCH3 is 2. The zero-order valence-electron chi connectivity index (χ0n) is 13.4. The van der Waals surface area contributed by atoms with Crippen LogP contribution in [0.25, 0.3) is 0 Å². The van der Waals surface area contributed by atoms with E-state index in [2.05, 4.69) is 9.47 Å². The summed E-state index contributed by atoms with van der Waals surface area (Å²) in [7, 11) is 2.56. The van der Waals surface area contributed by atoms with Crippen LogP contribution in [0.5, 0.6) is 0 Å². The fourth-order valence-electron chi connectivity index (χ4n) is 2.30. The Labute approximate surface area is 127 Å². The second kappa shape index (κ2) is 13.8. The number of ether oxygens (including phenoxy) is 2. The molecule has 0 heterocycles. The van der Waals surface area contributed by atoms with Crippen LogP contribution in [0.4, 0.5) is 4.39 Å². The number of carbonyl (C=O) groups excluding carboxylic acids is 2. The molecule has 0 unspecified atom stereocenters. The Balaban J connectivity index is 3.58. The van der Waals surface area contributed by atoms with E-state index in [-0.39, 0.29) is 6.67 Å². The third kappa shape index (κ3) is 10.3.